The summed E-state index contributed by atoms with van der Waals surface area (Å²) in [6.45, 7) is 0.952. The average molecular weight is 221 g/mol. The van der Waals surface area contributed by atoms with Crippen LogP contribution in [-0.2, 0) is 14.3 Å². The zero-order chi connectivity index (χ0) is 11.4. The van der Waals surface area contributed by atoms with E-state index < -0.39 is 0 Å². The lowest BCUT2D eigenvalue weighted by Crippen LogP contribution is -2.48. The van der Waals surface area contributed by atoms with Gasteiger partial charge in [0.2, 0.25) is 0 Å². The number of benzene rings is 1. The molecule has 0 amide bonds. The minimum Gasteiger partial charge on any atom is -0.468 e. The van der Waals surface area contributed by atoms with Crippen LogP contribution >= 0.6 is 0 Å². The van der Waals surface area contributed by atoms with Gasteiger partial charge in [0.05, 0.1) is 26.4 Å². The molecule has 0 bridgehead atoms. The maximum absolute atomic E-state index is 11.4. The molecule has 1 aromatic rings. The van der Waals surface area contributed by atoms with Crippen LogP contribution in [0.25, 0.3) is 0 Å². The summed E-state index contributed by atoms with van der Waals surface area (Å²) >= 11 is 0. The molecule has 2 unspecified atom stereocenters. The van der Waals surface area contributed by atoms with E-state index in [1.807, 2.05) is 30.3 Å². The fourth-order valence-corrected chi connectivity index (χ4v) is 1.80. The molecule has 86 valence electrons. The zero-order valence-electron chi connectivity index (χ0n) is 9.18. The van der Waals surface area contributed by atoms with Gasteiger partial charge in [-0.05, 0) is 5.56 Å². The molecule has 0 spiro atoms. The highest BCUT2D eigenvalue weighted by molar-refractivity contribution is 5.76. The summed E-state index contributed by atoms with van der Waals surface area (Å²) in [6.07, 6.45) is 0. The smallest absolute Gasteiger partial charge is 0.325 e. The van der Waals surface area contributed by atoms with E-state index in [2.05, 4.69) is 5.32 Å². The highest BCUT2D eigenvalue weighted by Gasteiger charge is 2.28. The Morgan fingerprint density at radius 2 is 2.12 bits per heavy atom. The van der Waals surface area contributed by atoms with Gasteiger partial charge in [0, 0.05) is 0 Å². The number of hydrogen-bond donors (Lipinski definition) is 1. The van der Waals surface area contributed by atoms with Crippen molar-refractivity contribution < 1.29 is 14.3 Å². The topological polar surface area (TPSA) is 47.6 Å². The molecule has 1 N–H and O–H groups in total. The number of rotatable bonds is 2. The largest absolute Gasteiger partial charge is 0.468 e. The van der Waals surface area contributed by atoms with E-state index in [0.717, 1.165) is 5.56 Å². The van der Waals surface area contributed by atoms with Crippen LogP contribution in [0.4, 0.5) is 0 Å². The Morgan fingerprint density at radius 1 is 1.38 bits per heavy atom. The Bertz CT molecular complexity index is 353. The van der Waals surface area contributed by atoms with E-state index in [9.17, 15) is 4.79 Å². The van der Waals surface area contributed by atoms with Crippen molar-refractivity contribution in [3.63, 3.8) is 0 Å². The van der Waals surface area contributed by atoms with Crippen LogP contribution in [0.15, 0.2) is 30.3 Å². The molecule has 1 aromatic carbocycles. The van der Waals surface area contributed by atoms with Crippen molar-refractivity contribution in [1.29, 1.82) is 0 Å². The minimum absolute atomic E-state index is 0.0547. The fraction of sp³-hybridized carbons (Fsp3) is 0.417. The molecular formula is C12H15NO3. The van der Waals surface area contributed by atoms with Gasteiger partial charge < -0.3 is 9.47 Å². The van der Waals surface area contributed by atoms with Crippen LogP contribution in [0.2, 0.25) is 0 Å². The summed E-state index contributed by atoms with van der Waals surface area (Å²) < 4.78 is 10.1. The number of hydrogen-bond acceptors (Lipinski definition) is 4. The van der Waals surface area contributed by atoms with Crippen molar-refractivity contribution >= 4 is 5.97 Å². The van der Waals surface area contributed by atoms with Crippen LogP contribution in [0.3, 0.4) is 0 Å². The summed E-state index contributed by atoms with van der Waals surface area (Å²) in [5.74, 6) is -0.277. The Labute approximate surface area is 94.6 Å². The molecule has 0 aromatic heterocycles. The molecule has 2 atom stereocenters. The summed E-state index contributed by atoms with van der Waals surface area (Å²) in [6, 6.07) is 9.62. The van der Waals surface area contributed by atoms with Gasteiger partial charge in [0.1, 0.15) is 6.04 Å². The third kappa shape index (κ3) is 2.40. The van der Waals surface area contributed by atoms with Gasteiger partial charge in [0.15, 0.2) is 0 Å². The van der Waals surface area contributed by atoms with Crippen LogP contribution in [-0.4, -0.2) is 32.3 Å². The lowest BCUT2D eigenvalue weighted by Gasteiger charge is -2.29. The number of morpholine rings is 1. The number of nitrogens with one attached hydrogen (secondary N) is 1. The highest BCUT2D eigenvalue weighted by Crippen LogP contribution is 2.17. The summed E-state index contributed by atoms with van der Waals surface area (Å²) in [7, 11) is 1.39. The average Bonchev–Trinajstić information content (AvgIpc) is 2.39. The predicted molar refractivity (Wildman–Crippen MR) is 58.9 cm³/mol. The molecule has 1 aliphatic rings. The van der Waals surface area contributed by atoms with Gasteiger partial charge >= 0.3 is 5.97 Å². The van der Waals surface area contributed by atoms with E-state index in [1.165, 1.54) is 7.11 Å². The molecule has 4 nitrogen and oxygen atoms in total. The zero-order valence-corrected chi connectivity index (χ0v) is 9.18. The molecule has 1 fully saturated rings. The molecule has 0 radical (unpaired) electrons. The van der Waals surface area contributed by atoms with Crippen molar-refractivity contribution in [2.45, 2.75) is 12.1 Å². The van der Waals surface area contributed by atoms with Gasteiger partial charge in [0.25, 0.3) is 0 Å². The minimum atomic E-state index is -0.371. The molecule has 2 rings (SSSR count). The number of esters is 1. The molecule has 0 aliphatic carbocycles. The quantitative estimate of drug-likeness (QED) is 0.753. The lowest BCUT2D eigenvalue weighted by molar-refractivity contribution is -0.147. The maximum Gasteiger partial charge on any atom is 0.325 e. The van der Waals surface area contributed by atoms with E-state index in [4.69, 9.17) is 9.47 Å². The van der Waals surface area contributed by atoms with Gasteiger partial charge in [-0.25, -0.2) is 0 Å². The van der Waals surface area contributed by atoms with Gasteiger partial charge in [-0.3, -0.25) is 10.1 Å². The van der Waals surface area contributed by atoms with Crippen LogP contribution in [0.5, 0.6) is 0 Å². The number of carbonyl (C=O) groups is 1. The lowest BCUT2D eigenvalue weighted by atomic mass is 10.1. The van der Waals surface area contributed by atoms with Gasteiger partial charge in [-0.1, -0.05) is 30.3 Å². The maximum atomic E-state index is 11.4. The molecule has 0 saturated carbocycles. The first-order chi connectivity index (χ1) is 7.81. The number of carbonyl (C=O) groups excluding carboxylic acids is 1. The Morgan fingerprint density at radius 3 is 2.81 bits per heavy atom. The third-order valence-corrected chi connectivity index (χ3v) is 2.66. The first kappa shape index (κ1) is 11.1. The van der Waals surface area contributed by atoms with Crippen molar-refractivity contribution in [2.24, 2.45) is 0 Å². The van der Waals surface area contributed by atoms with E-state index in [-0.39, 0.29) is 18.1 Å². The van der Waals surface area contributed by atoms with Crippen molar-refractivity contribution in [3.05, 3.63) is 35.9 Å². The standard InChI is InChI=1S/C12H15NO3/c1-15-12(14)11-8-16-7-10(13-11)9-5-3-2-4-6-9/h2-6,10-11,13H,7-8H2,1H3. The second-order valence-electron chi connectivity index (χ2n) is 3.74. The van der Waals surface area contributed by atoms with E-state index in [1.54, 1.807) is 0 Å². The first-order valence-corrected chi connectivity index (χ1v) is 5.28. The molecular weight excluding hydrogens is 206 g/mol. The van der Waals surface area contributed by atoms with Crippen LogP contribution in [0.1, 0.15) is 11.6 Å². The second-order valence-corrected chi connectivity index (χ2v) is 3.74. The van der Waals surface area contributed by atoms with Crippen molar-refractivity contribution in [1.82, 2.24) is 5.32 Å². The normalized spacial score (nSPS) is 25.1. The predicted octanol–water partition coefficient (Wildman–Crippen LogP) is 0.889. The molecule has 1 aliphatic heterocycles. The first-order valence-electron chi connectivity index (χ1n) is 5.28. The monoisotopic (exact) mass is 221 g/mol. The number of methoxy groups -OCH3 is 1. The van der Waals surface area contributed by atoms with E-state index >= 15 is 0 Å². The molecule has 1 heterocycles. The Kier molecular flexibility index (Phi) is 3.54. The molecule has 16 heavy (non-hydrogen) atoms. The SMILES string of the molecule is COC(=O)C1COCC(c2ccccc2)N1. The van der Waals surface area contributed by atoms with E-state index in [0.29, 0.717) is 13.2 Å². The third-order valence-electron chi connectivity index (χ3n) is 2.66. The Balaban J connectivity index is 2.05. The van der Waals surface area contributed by atoms with Crippen LogP contribution in [0, 0.1) is 0 Å². The molecule has 4 heteroatoms. The van der Waals surface area contributed by atoms with Gasteiger partial charge in [-0.2, -0.15) is 0 Å². The molecule has 1 saturated heterocycles. The van der Waals surface area contributed by atoms with Crippen molar-refractivity contribution in [2.75, 3.05) is 20.3 Å². The Hall–Kier alpha value is -1.39. The fourth-order valence-electron chi connectivity index (χ4n) is 1.80. The van der Waals surface area contributed by atoms with Gasteiger partial charge in [-0.15, -0.1) is 0 Å². The highest BCUT2D eigenvalue weighted by atomic mass is 16.5. The number of ether oxygens (including phenoxy) is 2. The summed E-state index contributed by atoms with van der Waals surface area (Å²) in [4.78, 5) is 11.4. The second kappa shape index (κ2) is 5.09. The summed E-state index contributed by atoms with van der Waals surface area (Å²) in [5.41, 5.74) is 1.12. The van der Waals surface area contributed by atoms with Crippen molar-refractivity contribution in [3.8, 4) is 0 Å². The summed E-state index contributed by atoms with van der Waals surface area (Å²) in [5, 5.41) is 3.22. The van der Waals surface area contributed by atoms with Crippen LogP contribution < -0.4 is 5.32 Å².